The third-order valence-corrected chi connectivity index (χ3v) is 4.39. The molecule has 0 unspecified atom stereocenters. The summed E-state index contributed by atoms with van der Waals surface area (Å²) in [6.45, 7) is 0. The Bertz CT molecular complexity index is 584. The molecule has 1 aromatic carbocycles. The van der Waals surface area contributed by atoms with Crippen molar-refractivity contribution in [1.82, 2.24) is 5.43 Å². The van der Waals surface area contributed by atoms with E-state index in [1.807, 2.05) is 0 Å². The summed E-state index contributed by atoms with van der Waals surface area (Å²) >= 11 is 1.75. The molecule has 5 heteroatoms. The second kappa shape index (κ2) is 5.59. The molecule has 3 rings (SSSR count). The number of nitrogens with one attached hydrogen (secondary N) is 2. The average Bonchev–Trinajstić information content (AvgIpc) is 3.08. The quantitative estimate of drug-likeness (QED) is 0.341. The second-order valence-electron chi connectivity index (χ2n) is 4.86. The molecule has 19 heavy (non-hydrogen) atoms. The highest BCUT2D eigenvalue weighted by Gasteiger charge is 2.14. The molecule has 1 aliphatic rings. The van der Waals surface area contributed by atoms with Gasteiger partial charge in [-0.15, -0.1) is 11.3 Å². The highest BCUT2D eigenvalue weighted by atomic mass is 32.1. The Morgan fingerprint density at radius 2 is 2.11 bits per heavy atom. The highest BCUT2D eigenvalue weighted by Crippen LogP contribution is 2.24. The first kappa shape index (κ1) is 12.4. The molecule has 1 aromatic heterocycles. The standard InChI is InChI=1S/C14H18N4S/c15-18-14(16-11-3-1-2-4-11)17-12-5-6-13-10(9-12)7-8-19-13/h5-9,11H,1-4,15H2,(H2,16,17,18). The van der Waals surface area contributed by atoms with Crippen LogP contribution in [0, 0.1) is 0 Å². The van der Waals surface area contributed by atoms with Crippen molar-refractivity contribution >= 4 is 33.1 Å². The van der Waals surface area contributed by atoms with Crippen molar-refractivity contribution in [3.63, 3.8) is 0 Å². The van der Waals surface area contributed by atoms with Gasteiger partial charge in [-0.1, -0.05) is 12.8 Å². The monoisotopic (exact) mass is 274 g/mol. The van der Waals surface area contributed by atoms with E-state index in [1.165, 1.54) is 22.9 Å². The third-order valence-electron chi connectivity index (χ3n) is 3.49. The predicted octanol–water partition coefficient (Wildman–Crippen LogP) is 3.08. The topological polar surface area (TPSA) is 62.4 Å². The Morgan fingerprint density at radius 3 is 2.89 bits per heavy atom. The van der Waals surface area contributed by atoms with Crippen LogP contribution in [0.1, 0.15) is 25.7 Å². The molecule has 2 aromatic rings. The Labute approximate surface area is 116 Å². The van der Waals surface area contributed by atoms with Gasteiger partial charge in [-0.05, 0) is 47.9 Å². The number of rotatable bonds is 2. The zero-order valence-electron chi connectivity index (χ0n) is 10.7. The fourth-order valence-electron chi connectivity index (χ4n) is 2.50. The van der Waals surface area contributed by atoms with Crippen molar-refractivity contribution in [3.05, 3.63) is 29.6 Å². The fraction of sp³-hybridized carbons (Fsp3) is 0.357. The largest absolute Gasteiger partial charge is 0.325 e. The van der Waals surface area contributed by atoms with Crippen molar-refractivity contribution in [2.75, 3.05) is 5.32 Å². The molecule has 0 amide bonds. The first-order valence-corrected chi connectivity index (χ1v) is 7.52. The lowest BCUT2D eigenvalue weighted by molar-refractivity contribution is 0.700. The number of hydrazine groups is 1. The molecule has 0 bridgehead atoms. The molecular formula is C14H18N4S. The van der Waals surface area contributed by atoms with E-state index < -0.39 is 0 Å². The Balaban J connectivity index is 1.77. The van der Waals surface area contributed by atoms with Crippen molar-refractivity contribution in [3.8, 4) is 0 Å². The van der Waals surface area contributed by atoms with Crippen LogP contribution in [-0.4, -0.2) is 12.0 Å². The SMILES string of the molecule is NNC(=NC1CCCC1)Nc1ccc2sccc2c1. The lowest BCUT2D eigenvalue weighted by Crippen LogP contribution is -2.37. The van der Waals surface area contributed by atoms with E-state index in [1.54, 1.807) is 11.3 Å². The van der Waals surface area contributed by atoms with E-state index >= 15 is 0 Å². The van der Waals surface area contributed by atoms with Gasteiger partial charge in [0.25, 0.3) is 0 Å². The fourth-order valence-corrected chi connectivity index (χ4v) is 3.27. The van der Waals surface area contributed by atoms with Crippen LogP contribution in [0.15, 0.2) is 34.6 Å². The summed E-state index contributed by atoms with van der Waals surface area (Å²) in [6.07, 6.45) is 4.87. The van der Waals surface area contributed by atoms with Gasteiger partial charge >= 0.3 is 0 Å². The molecule has 0 spiro atoms. The average molecular weight is 274 g/mol. The predicted molar refractivity (Wildman–Crippen MR) is 82.5 cm³/mol. The maximum atomic E-state index is 5.55. The van der Waals surface area contributed by atoms with E-state index in [0.29, 0.717) is 12.0 Å². The molecule has 1 aliphatic carbocycles. The maximum Gasteiger partial charge on any atom is 0.210 e. The van der Waals surface area contributed by atoms with Gasteiger partial charge in [0.1, 0.15) is 0 Å². The zero-order chi connectivity index (χ0) is 13.1. The minimum Gasteiger partial charge on any atom is -0.325 e. The number of fused-ring (bicyclic) bond motifs is 1. The molecule has 0 atom stereocenters. The van der Waals surface area contributed by atoms with Crippen LogP contribution in [0.3, 0.4) is 0 Å². The second-order valence-corrected chi connectivity index (χ2v) is 5.81. The van der Waals surface area contributed by atoms with Gasteiger partial charge in [0.2, 0.25) is 5.96 Å². The van der Waals surface area contributed by atoms with Crippen LogP contribution in [0.5, 0.6) is 0 Å². The number of thiophene rings is 1. The summed E-state index contributed by atoms with van der Waals surface area (Å²) in [5.41, 5.74) is 3.68. The van der Waals surface area contributed by atoms with Gasteiger partial charge in [0.05, 0.1) is 6.04 Å². The number of nitrogens with two attached hydrogens (primary N) is 1. The van der Waals surface area contributed by atoms with Crippen LogP contribution < -0.4 is 16.6 Å². The van der Waals surface area contributed by atoms with Crippen LogP contribution >= 0.6 is 11.3 Å². The summed E-state index contributed by atoms with van der Waals surface area (Å²) < 4.78 is 1.29. The molecule has 0 radical (unpaired) electrons. The Kier molecular flexibility index (Phi) is 3.66. The normalized spacial score (nSPS) is 17.0. The number of aliphatic imine (C=N–C) groups is 1. The Morgan fingerprint density at radius 1 is 1.26 bits per heavy atom. The summed E-state index contributed by atoms with van der Waals surface area (Å²) in [5.74, 6) is 6.20. The molecule has 4 N–H and O–H groups in total. The van der Waals surface area contributed by atoms with Gasteiger partial charge in [-0.3, -0.25) is 5.43 Å². The van der Waals surface area contributed by atoms with Crippen LogP contribution in [-0.2, 0) is 0 Å². The molecule has 0 saturated heterocycles. The molecular weight excluding hydrogens is 256 g/mol. The third kappa shape index (κ3) is 2.88. The summed E-state index contributed by atoms with van der Waals surface area (Å²) in [4.78, 5) is 4.63. The van der Waals surface area contributed by atoms with E-state index in [9.17, 15) is 0 Å². The lowest BCUT2D eigenvalue weighted by atomic mass is 10.2. The van der Waals surface area contributed by atoms with Crippen molar-refractivity contribution in [2.24, 2.45) is 10.8 Å². The maximum absolute atomic E-state index is 5.55. The molecule has 1 heterocycles. The van der Waals surface area contributed by atoms with Gasteiger partial charge in [0, 0.05) is 10.4 Å². The smallest absolute Gasteiger partial charge is 0.210 e. The van der Waals surface area contributed by atoms with E-state index in [2.05, 4.69) is 45.4 Å². The van der Waals surface area contributed by atoms with Gasteiger partial charge in [-0.25, -0.2) is 10.8 Å². The number of hydrogen-bond donors (Lipinski definition) is 3. The molecule has 1 saturated carbocycles. The molecule has 4 nitrogen and oxygen atoms in total. The molecule has 1 fully saturated rings. The van der Waals surface area contributed by atoms with Crippen molar-refractivity contribution < 1.29 is 0 Å². The van der Waals surface area contributed by atoms with Gasteiger partial charge in [0.15, 0.2) is 0 Å². The van der Waals surface area contributed by atoms with Gasteiger partial charge in [-0.2, -0.15) is 0 Å². The number of hydrogen-bond acceptors (Lipinski definition) is 3. The van der Waals surface area contributed by atoms with Crippen molar-refractivity contribution in [1.29, 1.82) is 0 Å². The number of benzene rings is 1. The number of anilines is 1. The van der Waals surface area contributed by atoms with Crippen LogP contribution in [0.2, 0.25) is 0 Å². The summed E-state index contributed by atoms with van der Waals surface area (Å²) in [6, 6.07) is 8.82. The van der Waals surface area contributed by atoms with Crippen LogP contribution in [0.25, 0.3) is 10.1 Å². The van der Waals surface area contributed by atoms with Gasteiger partial charge < -0.3 is 5.32 Å². The van der Waals surface area contributed by atoms with E-state index in [4.69, 9.17) is 5.84 Å². The van der Waals surface area contributed by atoms with E-state index in [0.717, 1.165) is 18.5 Å². The Hall–Kier alpha value is -1.59. The minimum absolute atomic E-state index is 0.406. The first-order chi connectivity index (χ1) is 9.35. The molecule has 100 valence electrons. The lowest BCUT2D eigenvalue weighted by Gasteiger charge is -2.11. The minimum atomic E-state index is 0.406. The number of nitrogens with zero attached hydrogens (tertiary/aromatic N) is 1. The van der Waals surface area contributed by atoms with E-state index in [-0.39, 0.29) is 0 Å². The van der Waals surface area contributed by atoms with Crippen LogP contribution in [0.4, 0.5) is 5.69 Å². The number of guanidine groups is 1. The van der Waals surface area contributed by atoms with Crippen molar-refractivity contribution in [2.45, 2.75) is 31.7 Å². The highest BCUT2D eigenvalue weighted by molar-refractivity contribution is 7.17. The summed E-state index contributed by atoms with van der Waals surface area (Å²) in [7, 11) is 0. The zero-order valence-corrected chi connectivity index (χ0v) is 11.5. The molecule has 0 aliphatic heterocycles. The first-order valence-electron chi connectivity index (χ1n) is 6.64. The summed E-state index contributed by atoms with van der Waals surface area (Å²) in [5, 5.41) is 6.60.